The average molecular weight is 401 g/mol. The fourth-order valence-electron chi connectivity index (χ4n) is 3.25. The summed E-state index contributed by atoms with van der Waals surface area (Å²) in [5, 5.41) is 12.9. The molecule has 0 N–H and O–H groups in total. The lowest BCUT2D eigenvalue weighted by molar-refractivity contribution is 0.418. The Morgan fingerprint density at radius 3 is 2.96 bits per heavy atom. The van der Waals surface area contributed by atoms with Crippen LogP contribution >= 0.6 is 11.6 Å². The van der Waals surface area contributed by atoms with Gasteiger partial charge in [0.2, 0.25) is 11.8 Å². The minimum atomic E-state index is -0.472. The number of fused-ring (bicyclic) bond motifs is 1. The molecule has 4 heterocycles. The van der Waals surface area contributed by atoms with Gasteiger partial charge in [-0.15, -0.1) is 10.2 Å². The summed E-state index contributed by atoms with van der Waals surface area (Å²) >= 11 is 5.94. The van der Waals surface area contributed by atoms with E-state index in [9.17, 15) is 4.39 Å². The van der Waals surface area contributed by atoms with Crippen LogP contribution in [0.1, 0.15) is 12.2 Å². The molecule has 0 fully saturated rings. The van der Waals surface area contributed by atoms with Gasteiger partial charge in [0.15, 0.2) is 11.6 Å². The summed E-state index contributed by atoms with van der Waals surface area (Å²) in [6.07, 6.45) is 2.51. The van der Waals surface area contributed by atoms with Crippen LogP contribution < -0.4 is 4.90 Å². The van der Waals surface area contributed by atoms with Crippen molar-refractivity contribution < 1.29 is 13.3 Å². The quantitative estimate of drug-likeness (QED) is 0.515. The van der Waals surface area contributed by atoms with Crippen LogP contribution in [0.15, 0.2) is 45.5 Å². The van der Waals surface area contributed by atoms with Gasteiger partial charge in [-0.3, -0.25) is 4.57 Å². The van der Waals surface area contributed by atoms with E-state index in [1.807, 2.05) is 21.6 Å². The molecule has 0 radical (unpaired) electrons. The largest absolute Gasteiger partial charge is 0.461 e. The Morgan fingerprint density at radius 1 is 1.18 bits per heavy atom. The number of rotatable bonds is 4. The molecule has 0 atom stereocenters. The molecule has 10 heteroatoms. The van der Waals surface area contributed by atoms with Gasteiger partial charge in [0, 0.05) is 18.1 Å². The summed E-state index contributed by atoms with van der Waals surface area (Å²) in [5.74, 6) is 2.09. The van der Waals surface area contributed by atoms with Gasteiger partial charge in [-0.25, -0.2) is 4.39 Å². The number of aromatic nitrogens is 5. The maximum Gasteiger partial charge on any atom is 0.261 e. The molecule has 0 spiro atoms. The number of anilines is 1. The zero-order chi connectivity index (χ0) is 19.1. The fourth-order valence-corrected chi connectivity index (χ4v) is 3.42. The van der Waals surface area contributed by atoms with Crippen molar-refractivity contribution in [3.63, 3.8) is 0 Å². The average Bonchev–Trinajstić information content (AvgIpc) is 3.43. The van der Waals surface area contributed by atoms with Crippen LogP contribution in [0.4, 0.5) is 10.3 Å². The molecule has 1 aliphatic rings. The number of hydrogen-bond acceptors (Lipinski definition) is 7. The molecule has 1 aliphatic heterocycles. The second kappa shape index (κ2) is 6.75. The lowest BCUT2D eigenvalue weighted by Crippen LogP contribution is -2.32. The van der Waals surface area contributed by atoms with Crippen molar-refractivity contribution in [1.82, 2.24) is 24.9 Å². The molecule has 8 nitrogen and oxygen atoms in total. The molecule has 28 heavy (non-hydrogen) atoms. The summed E-state index contributed by atoms with van der Waals surface area (Å²) < 4.78 is 26.7. The highest BCUT2D eigenvalue weighted by atomic mass is 35.5. The molecule has 0 aliphatic carbocycles. The summed E-state index contributed by atoms with van der Waals surface area (Å²) in [6.45, 7) is 1.92. The Morgan fingerprint density at radius 2 is 2.11 bits per heavy atom. The minimum absolute atomic E-state index is 0.0877. The fraction of sp³-hybridized carbons (Fsp3) is 0.222. The van der Waals surface area contributed by atoms with Gasteiger partial charge in [-0.1, -0.05) is 16.8 Å². The third-order valence-electron chi connectivity index (χ3n) is 4.52. The number of hydrogen-bond donors (Lipinski definition) is 0. The van der Waals surface area contributed by atoms with Crippen LogP contribution in [-0.2, 0) is 13.1 Å². The van der Waals surface area contributed by atoms with E-state index in [4.69, 9.17) is 20.5 Å². The van der Waals surface area contributed by atoms with Gasteiger partial charge in [0.05, 0.1) is 18.4 Å². The van der Waals surface area contributed by atoms with Crippen molar-refractivity contribution in [3.05, 3.63) is 53.3 Å². The Labute approximate surface area is 163 Å². The first-order valence-electron chi connectivity index (χ1n) is 8.69. The smallest absolute Gasteiger partial charge is 0.261 e. The van der Waals surface area contributed by atoms with Gasteiger partial charge < -0.3 is 13.8 Å². The van der Waals surface area contributed by atoms with E-state index in [-0.39, 0.29) is 11.5 Å². The van der Waals surface area contributed by atoms with E-state index in [2.05, 4.69) is 20.3 Å². The lowest BCUT2D eigenvalue weighted by atomic mass is 10.2. The van der Waals surface area contributed by atoms with E-state index >= 15 is 0 Å². The number of benzene rings is 1. The topological polar surface area (TPSA) is 86.0 Å². The van der Waals surface area contributed by atoms with E-state index in [1.54, 1.807) is 6.26 Å². The van der Waals surface area contributed by atoms with Crippen LogP contribution in [0.5, 0.6) is 0 Å². The molecule has 0 unspecified atom stereocenters. The molecule has 0 amide bonds. The number of furan rings is 1. The third-order valence-corrected chi connectivity index (χ3v) is 4.76. The van der Waals surface area contributed by atoms with Crippen molar-refractivity contribution in [2.45, 2.75) is 19.5 Å². The number of halogens is 2. The molecule has 0 saturated carbocycles. The Balaban J connectivity index is 1.41. The van der Waals surface area contributed by atoms with Crippen LogP contribution in [-0.4, -0.2) is 31.4 Å². The third kappa shape index (κ3) is 2.93. The Bertz CT molecular complexity index is 1120. The molecule has 4 aromatic rings. The zero-order valence-electron chi connectivity index (χ0n) is 14.5. The first-order valence-corrected chi connectivity index (χ1v) is 9.07. The molecule has 1 aromatic carbocycles. The normalized spacial score (nSPS) is 13.7. The predicted molar refractivity (Wildman–Crippen MR) is 98.1 cm³/mol. The van der Waals surface area contributed by atoms with Gasteiger partial charge in [-0.2, -0.15) is 4.98 Å². The highest BCUT2D eigenvalue weighted by Crippen LogP contribution is 2.28. The van der Waals surface area contributed by atoms with Crippen molar-refractivity contribution in [3.8, 4) is 23.0 Å². The molecule has 0 bridgehead atoms. The van der Waals surface area contributed by atoms with Gasteiger partial charge in [0.1, 0.15) is 5.82 Å². The number of nitrogens with zero attached hydrogens (tertiary/aromatic N) is 6. The Kier molecular flexibility index (Phi) is 4.09. The monoisotopic (exact) mass is 400 g/mol. The molecule has 142 valence electrons. The Hall–Kier alpha value is -3.20. The molecular weight excluding hydrogens is 387 g/mol. The van der Waals surface area contributed by atoms with Crippen molar-refractivity contribution in [2.75, 3.05) is 11.4 Å². The van der Waals surface area contributed by atoms with Crippen molar-refractivity contribution >= 4 is 17.5 Å². The zero-order valence-corrected chi connectivity index (χ0v) is 15.3. The second-order valence-corrected chi connectivity index (χ2v) is 6.80. The van der Waals surface area contributed by atoms with Crippen LogP contribution in [0.2, 0.25) is 5.02 Å². The van der Waals surface area contributed by atoms with Gasteiger partial charge >= 0.3 is 0 Å². The van der Waals surface area contributed by atoms with Crippen molar-refractivity contribution in [1.29, 1.82) is 0 Å². The first kappa shape index (κ1) is 16.9. The van der Waals surface area contributed by atoms with E-state index < -0.39 is 5.82 Å². The summed E-state index contributed by atoms with van der Waals surface area (Å²) in [4.78, 5) is 6.32. The molecular formula is C18H14ClFN6O2. The van der Waals surface area contributed by atoms with Crippen LogP contribution in [0, 0.1) is 5.82 Å². The molecule has 3 aromatic heterocycles. The SMILES string of the molecule is Fc1ccc(Cl)cc1-c1nc(CN2CCCn3c(-c4ccco4)nnc32)no1. The maximum absolute atomic E-state index is 14.0. The standard InChI is InChI=1S/C18H14ClFN6O2/c19-11-4-5-13(20)12(9-11)17-21-15(24-28-17)10-25-6-2-7-26-16(22-23-18(25)26)14-3-1-8-27-14/h1,3-5,8-9H,2,6-7,10H2. The lowest BCUT2D eigenvalue weighted by Gasteiger charge is -2.27. The first-order chi connectivity index (χ1) is 13.7. The highest BCUT2D eigenvalue weighted by molar-refractivity contribution is 6.30. The molecule has 5 rings (SSSR count). The highest BCUT2D eigenvalue weighted by Gasteiger charge is 2.25. The van der Waals surface area contributed by atoms with E-state index in [0.29, 0.717) is 34.9 Å². The van der Waals surface area contributed by atoms with Crippen LogP contribution in [0.3, 0.4) is 0 Å². The van der Waals surface area contributed by atoms with E-state index in [0.717, 1.165) is 19.5 Å². The molecule has 0 saturated heterocycles. The van der Waals surface area contributed by atoms with Crippen LogP contribution in [0.25, 0.3) is 23.0 Å². The van der Waals surface area contributed by atoms with Gasteiger partial charge in [0.25, 0.3) is 5.89 Å². The summed E-state index contributed by atoms with van der Waals surface area (Å²) in [7, 11) is 0. The van der Waals surface area contributed by atoms with Gasteiger partial charge in [-0.05, 0) is 36.8 Å². The predicted octanol–water partition coefficient (Wildman–Crippen LogP) is 3.79. The maximum atomic E-state index is 14.0. The minimum Gasteiger partial charge on any atom is -0.461 e. The second-order valence-electron chi connectivity index (χ2n) is 6.37. The van der Waals surface area contributed by atoms with Crippen molar-refractivity contribution in [2.24, 2.45) is 0 Å². The summed E-state index contributed by atoms with van der Waals surface area (Å²) in [5.41, 5.74) is 0.174. The van der Waals surface area contributed by atoms with E-state index in [1.165, 1.54) is 18.2 Å². The summed E-state index contributed by atoms with van der Waals surface area (Å²) in [6, 6.07) is 7.86.